The molecule has 1 unspecified atom stereocenters. The summed E-state index contributed by atoms with van der Waals surface area (Å²) in [6, 6.07) is 0.0617. The van der Waals surface area contributed by atoms with Gasteiger partial charge >= 0.3 is 0 Å². The van der Waals surface area contributed by atoms with Crippen molar-refractivity contribution < 1.29 is 13.2 Å². The summed E-state index contributed by atoms with van der Waals surface area (Å²) in [5.74, 6) is -0.269. The third-order valence-electron chi connectivity index (χ3n) is 4.42. The zero-order valence-electron chi connectivity index (χ0n) is 12.4. The van der Waals surface area contributed by atoms with E-state index < -0.39 is 15.3 Å². The Bertz CT molecular complexity index is 610. The number of carbonyl (C=O) groups is 1. The molecule has 1 aliphatic heterocycles. The van der Waals surface area contributed by atoms with Crippen LogP contribution in [0.3, 0.4) is 0 Å². The molecule has 1 aromatic rings. The largest absolute Gasteiger partial charge is 0.336 e. The molecule has 2 N–H and O–H groups in total. The van der Waals surface area contributed by atoms with E-state index in [9.17, 15) is 13.2 Å². The van der Waals surface area contributed by atoms with Gasteiger partial charge in [0.2, 0.25) is 10.0 Å². The number of aromatic amines is 1. The molecular formula is C13H21N5O3S. The number of H-pyrrole nitrogens is 1. The summed E-state index contributed by atoms with van der Waals surface area (Å²) >= 11 is 0. The van der Waals surface area contributed by atoms with Crippen molar-refractivity contribution in [2.45, 2.75) is 49.8 Å². The second-order valence-corrected chi connectivity index (χ2v) is 8.01. The van der Waals surface area contributed by atoms with Crippen molar-refractivity contribution >= 4 is 15.9 Å². The minimum absolute atomic E-state index is 0.0617. The van der Waals surface area contributed by atoms with Gasteiger partial charge in [-0.25, -0.2) is 13.1 Å². The maximum atomic E-state index is 12.5. The first-order chi connectivity index (χ1) is 10.6. The molecule has 0 bridgehead atoms. The number of likely N-dealkylation sites (tertiary alicyclic amines) is 1. The highest BCUT2D eigenvalue weighted by Gasteiger charge is 2.35. The third kappa shape index (κ3) is 3.30. The molecule has 2 heterocycles. The molecule has 0 aromatic carbocycles. The molecule has 0 radical (unpaired) electrons. The lowest BCUT2D eigenvalue weighted by Gasteiger charge is -2.32. The van der Waals surface area contributed by atoms with E-state index in [2.05, 4.69) is 20.1 Å². The topological polar surface area (TPSA) is 108 Å². The summed E-state index contributed by atoms with van der Waals surface area (Å²) in [6.07, 6.45) is 6.60. The Labute approximate surface area is 129 Å². The van der Waals surface area contributed by atoms with E-state index in [1.165, 1.54) is 6.20 Å². The van der Waals surface area contributed by atoms with Crippen molar-refractivity contribution in [1.29, 1.82) is 0 Å². The highest BCUT2D eigenvalue weighted by Crippen LogP contribution is 2.22. The number of carbonyl (C=O) groups excluding carboxylic acids is 1. The van der Waals surface area contributed by atoms with Gasteiger partial charge in [-0.3, -0.25) is 4.79 Å². The lowest BCUT2D eigenvalue weighted by molar-refractivity contribution is 0.0720. The van der Waals surface area contributed by atoms with Crippen LogP contribution < -0.4 is 4.72 Å². The van der Waals surface area contributed by atoms with Crippen molar-refractivity contribution in [3.63, 3.8) is 0 Å². The number of hydrogen-bond donors (Lipinski definition) is 2. The van der Waals surface area contributed by atoms with Gasteiger partial charge in [-0.1, -0.05) is 12.8 Å². The van der Waals surface area contributed by atoms with E-state index in [0.717, 1.165) is 25.7 Å². The number of nitrogens with one attached hydrogen (secondary N) is 2. The van der Waals surface area contributed by atoms with Crippen LogP contribution in [0.25, 0.3) is 0 Å². The first-order valence-corrected chi connectivity index (χ1v) is 9.27. The van der Waals surface area contributed by atoms with Gasteiger partial charge in [0.15, 0.2) is 5.69 Å². The molecule has 2 aliphatic rings. The van der Waals surface area contributed by atoms with Gasteiger partial charge in [-0.15, -0.1) is 0 Å². The van der Waals surface area contributed by atoms with Gasteiger partial charge in [0, 0.05) is 19.1 Å². The van der Waals surface area contributed by atoms with Crippen LogP contribution in [-0.2, 0) is 10.0 Å². The summed E-state index contributed by atoms with van der Waals surface area (Å²) in [7, 11) is -3.39. The Kier molecular flexibility index (Phi) is 4.44. The monoisotopic (exact) mass is 327 g/mol. The van der Waals surface area contributed by atoms with Crippen LogP contribution in [-0.4, -0.2) is 59.0 Å². The number of rotatable bonds is 4. The van der Waals surface area contributed by atoms with Crippen molar-refractivity contribution in [2.24, 2.45) is 0 Å². The second-order valence-electron chi connectivity index (χ2n) is 6.01. The van der Waals surface area contributed by atoms with Gasteiger partial charge in [-0.05, 0) is 25.7 Å². The predicted molar refractivity (Wildman–Crippen MR) is 79.6 cm³/mol. The Balaban J connectivity index is 1.65. The smallest absolute Gasteiger partial charge is 0.276 e. The van der Waals surface area contributed by atoms with E-state index in [1.54, 1.807) is 4.90 Å². The van der Waals surface area contributed by atoms with Gasteiger partial charge in [0.05, 0.1) is 11.4 Å². The van der Waals surface area contributed by atoms with Crippen LogP contribution >= 0.6 is 0 Å². The van der Waals surface area contributed by atoms with Crippen molar-refractivity contribution in [3.05, 3.63) is 11.9 Å². The quantitative estimate of drug-likeness (QED) is 0.825. The number of nitrogens with zero attached hydrogens (tertiary/aromatic N) is 3. The number of sulfonamides is 1. The standard InChI is InChI=1S/C13H21N5O3S/c19-13(12-8-14-17-15-12)18-7-3-6-11(9-18)22(20,21)16-10-4-1-2-5-10/h8,10-11,16H,1-7,9H2,(H,14,15,17). The van der Waals surface area contributed by atoms with E-state index in [4.69, 9.17) is 0 Å². The fourth-order valence-corrected chi connectivity index (χ4v) is 4.96. The van der Waals surface area contributed by atoms with Crippen LogP contribution in [0, 0.1) is 0 Å². The summed E-state index contributed by atoms with van der Waals surface area (Å²) in [6.45, 7) is 0.773. The summed E-state index contributed by atoms with van der Waals surface area (Å²) in [4.78, 5) is 13.8. The van der Waals surface area contributed by atoms with Crippen molar-refractivity contribution in [2.75, 3.05) is 13.1 Å². The molecule has 122 valence electrons. The SMILES string of the molecule is O=C(c1cn[nH]n1)N1CCCC(S(=O)(=O)NC2CCCC2)C1. The third-order valence-corrected chi connectivity index (χ3v) is 6.35. The molecule has 0 spiro atoms. The Morgan fingerprint density at radius 3 is 2.73 bits per heavy atom. The molecule has 1 aliphatic carbocycles. The molecule has 3 rings (SSSR count). The first-order valence-electron chi connectivity index (χ1n) is 7.72. The molecule has 1 atom stereocenters. The van der Waals surface area contributed by atoms with E-state index in [0.29, 0.717) is 19.4 Å². The van der Waals surface area contributed by atoms with Crippen LogP contribution in [0.4, 0.5) is 0 Å². The number of amides is 1. The Morgan fingerprint density at radius 1 is 1.27 bits per heavy atom. The average molecular weight is 327 g/mol. The summed E-state index contributed by atoms with van der Waals surface area (Å²) in [5, 5.41) is 9.25. The zero-order valence-corrected chi connectivity index (χ0v) is 13.2. The van der Waals surface area contributed by atoms with Crippen molar-refractivity contribution in [1.82, 2.24) is 25.0 Å². The number of hydrogen-bond acceptors (Lipinski definition) is 5. The number of aromatic nitrogens is 3. The molecule has 1 amide bonds. The zero-order chi connectivity index (χ0) is 15.6. The fraction of sp³-hybridized carbons (Fsp3) is 0.769. The van der Waals surface area contributed by atoms with Gasteiger partial charge < -0.3 is 4.90 Å². The molecule has 9 heteroatoms. The second kappa shape index (κ2) is 6.33. The lowest BCUT2D eigenvalue weighted by Crippen LogP contribution is -2.50. The molecule has 1 saturated heterocycles. The van der Waals surface area contributed by atoms with Gasteiger partial charge in [-0.2, -0.15) is 15.4 Å². The van der Waals surface area contributed by atoms with Gasteiger partial charge in [0.1, 0.15) is 0 Å². The highest BCUT2D eigenvalue weighted by molar-refractivity contribution is 7.90. The maximum absolute atomic E-state index is 12.5. The van der Waals surface area contributed by atoms with E-state index in [1.807, 2.05) is 0 Å². The van der Waals surface area contributed by atoms with Crippen LogP contribution in [0.1, 0.15) is 49.0 Å². The molecule has 22 heavy (non-hydrogen) atoms. The van der Waals surface area contributed by atoms with Crippen LogP contribution in [0.15, 0.2) is 6.20 Å². The highest BCUT2D eigenvalue weighted by atomic mass is 32.2. The maximum Gasteiger partial charge on any atom is 0.276 e. The Morgan fingerprint density at radius 2 is 2.05 bits per heavy atom. The van der Waals surface area contributed by atoms with Crippen LogP contribution in [0.2, 0.25) is 0 Å². The minimum atomic E-state index is -3.39. The fourth-order valence-electron chi connectivity index (χ4n) is 3.21. The lowest BCUT2D eigenvalue weighted by atomic mass is 10.1. The summed E-state index contributed by atoms with van der Waals surface area (Å²) < 4.78 is 27.8. The Hall–Kier alpha value is -1.48. The normalized spacial score (nSPS) is 23.8. The number of piperidine rings is 1. The predicted octanol–water partition coefficient (Wildman–Crippen LogP) is 0.271. The van der Waals surface area contributed by atoms with Gasteiger partial charge in [0.25, 0.3) is 5.91 Å². The minimum Gasteiger partial charge on any atom is -0.336 e. The molecule has 2 fully saturated rings. The van der Waals surface area contributed by atoms with E-state index >= 15 is 0 Å². The molecular weight excluding hydrogens is 306 g/mol. The molecule has 8 nitrogen and oxygen atoms in total. The molecule has 1 saturated carbocycles. The first kappa shape index (κ1) is 15.4. The molecule has 1 aromatic heterocycles. The van der Waals surface area contributed by atoms with Crippen LogP contribution in [0.5, 0.6) is 0 Å². The van der Waals surface area contributed by atoms with Crippen molar-refractivity contribution in [3.8, 4) is 0 Å². The van der Waals surface area contributed by atoms with E-state index in [-0.39, 0.29) is 24.2 Å². The summed E-state index contributed by atoms with van der Waals surface area (Å²) in [5.41, 5.74) is 0.224. The average Bonchev–Trinajstić information content (AvgIpc) is 3.19.